The van der Waals surface area contributed by atoms with E-state index in [1.807, 2.05) is 0 Å². The molecule has 1 amide bonds. The molecule has 0 spiro atoms. The average Bonchev–Trinajstić information content (AvgIpc) is 1.81. The molecule has 3 nitrogen and oxygen atoms in total. The summed E-state index contributed by atoms with van der Waals surface area (Å²) >= 11 is 0. The van der Waals surface area contributed by atoms with Crippen LogP contribution in [0.4, 0.5) is 18.0 Å². The van der Waals surface area contributed by atoms with Gasteiger partial charge in [0.25, 0.3) is 0 Å². The van der Waals surface area contributed by atoms with E-state index in [1.54, 1.807) is 0 Å². The molecule has 0 unspecified atom stereocenters. The quantitative estimate of drug-likeness (QED) is 0.566. The maximum Gasteiger partial charge on any atom is 0.428 e. The zero-order chi connectivity index (χ0) is 8.20. The number of amides is 1. The van der Waals surface area contributed by atoms with Gasteiger partial charge in [0, 0.05) is 7.05 Å². The molecule has 0 aromatic rings. The number of rotatable bonds is 1. The zero-order valence-corrected chi connectivity index (χ0v) is 5.10. The van der Waals surface area contributed by atoms with Crippen LogP contribution in [0.15, 0.2) is 0 Å². The molecule has 0 aromatic carbocycles. The number of nitrogens with zero attached hydrogens (tertiary/aromatic N) is 1. The van der Waals surface area contributed by atoms with E-state index < -0.39 is 18.9 Å². The fourth-order valence-corrected chi connectivity index (χ4v) is 0.208. The van der Waals surface area contributed by atoms with E-state index in [0.29, 0.717) is 0 Å². The minimum absolute atomic E-state index is 1.05. The fourth-order valence-electron chi connectivity index (χ4n) is 0.208. The predicted molar refractivity (Wildman–Crippen MR) is 25.5 cm³/mol. The van der Waals surface area contributed by atoms with Gasteiger partial charge in [-0.2, -0.15) is 13.2 Å². The summed E-state index contributed by atoms with van der Waals surface area (Å²) in [5, 5.41) is 2.83. The van der Waals surface area contributed by atoms with Crippen LogP contribution in [0.3, 0.4) is 0 Å². The monoisotopic (exact) mass is 156 g/mol. The topological polar surface area (TPSA) is 40.4 Å². The van der Waals surface area contributed by atoms with E-state index in [-0.39, 0.29) is 0 Å². The fraction of sp³-hybridized carbons (Fsp3) is 0.750. The van der Waals surface area contributed by atoms with Crippen molar-refractivity contribution in [2.45, 2.75) is 6.18 Å². The highest BCUT2D eigenvalue weighted by molar-refractivity contribution is 5.66. The molecule has 0 heterocycles. The van der Waals surface area contributed by atoms with Gasteiger partial charge in [0.05, 0.1) is 0 Å². The van der Waals surface area contributed by atoms with Crippen molar-refractivity contribution in [3.63, 3.8) is 0 Å². The molecular formula is C4H5F3NO2. The molecular weight excluding hydrogens is 151 g/mol. The Labute approximate surface area is 55.2 Å². The van der Waals surface area contributed by atoms with Crippen LogP contribution >= 0.6 is 0 Å². The SMILES string of the molecule is C[N]C(=O)OCC(F)(F)F. The van der Waals surface area contributed by atoms with Crippen molar-refractivity contribution < 1.29 is 22.7 Å². The average molecular weight is 156 g/mol. The van der Waals surface area contributed by atoms with Crippen LogP contribution in [0.1, 0.15) is 0 Å². The van der Waals surface area contributed by atoms with Gasteiger partial charge in [-0.3, -0.25) is 0 Å². The summed E-state index contributed by atoms with van der Waals surface area (Å²) in [7, 11) is 1.05. The molecule has 0 aliphatic rings. The minimum Gasteiger partial charge on any atom is -0.439 e. The lowest BCUT2D eigenvalue weighted by Crippen LogP contribution is -2.22. The smallest absolute Gasteiger partial charge is 0.428 e. The van der Waals surface area contributed by atoms with Crippen LogP contribution in [0.2, 0.25) is 0 Å². The normalized spacial score (nSPS) is 10.8. The number of carbonyl (C=O) groups excluding carboxylic acids is 1. The predicted octanol–water partition coefficient (Wildman–Crippen LogP) is 0.920. The van der Waals surface area contributed by atoms with Crippen molar-refractivity contribution >= 4 is 6.09 Å². The molecule has 0 saturated carbocycles. The van der Waals surface area contributed by atoms with Crippen LogP contribution in [0.5, 0.6) is 0 Å². The van der Waals surface area contributed by atoms with Gasteiger partial charge in [-0.05, 0) is 0 Å². The van der Waals surface area contributed by atoms with Gasteiger partial charge >= 0.3 is 12.3 Å². The van der Waals surface area contributed by atoms with Crippen LogP contribution in [0, 0.1) is 0 Å². The van der Waals surface area contributed by atoms with Crippen molar-refractivity contribution in [1.82, 2.24) is 5.32 Å². The lowest BCUT2D eigenvalue weighted by atomic mass is 10.7. The third-order valence-corrected chi connectivity index (χ3v) is 0.542. The van der Waals surface area contributed by atoms with Crippen molar-refractivity contribution in [3.05, 3.63) is 0 Å². The first-order chi connectivity index (χ1) is 4.45. The molecule has 0 atom stereocenters. The van der Waals surface area contributed by atoms with Gasteiger partial charge in [-0.15, -0.1) is 0 Å². The van der Waals surface area contributed by atoms with Crippen LogP contribution in [-0.2, 0) is 4.74 Å². The second kappa shape index (κ2) is 3.28. The zero-order valence-electron chi connectivity index (χ0n) is 5.10. The van der Waals surface area contributed by atoms with Crippen LogP contribution < -0.4 is 5.32 Å². The molecule has 0 fully saturated rings. The van der Waals surface area contributed by atoms with E-state index in [4.69, 9.17) is 0 Å². The number of hydrogen-bond acceptors (Lipinski definition) is 2. The Kier molecular flexibility index (Phi) is 2.98. The summed E-state index contributed by atoms with van der Waals surface area (Å²) in [6.07, 6.45) is -5.68. The number of halogens is 3. The summed E-state index contributed by atoms with van der Waals surface area (Å²) in [5.74, 6) is 0. The Balaban J connectivity index is 3.46. The summed E-state index contributed by atoms with van der Waals surface area (Å²) in [6, 6.07) is 0. The van der Waals surface area contributed by atoms with Gasteiger partial charge in [0.2, 0.25) is 0 Å². The third kappa shape index (κ3) is 5.20. The van der Waals surface area contributed by atoms with Gasteiger partial charge < -0.3 is 4.74 Å². The molecule has 1 radical (unpaired) electrons. The summed E-state index contributed by atoms with van der Waals surface area (Å²) in [6.45, 7) is -1.58. The number of ether oxygens (including phenoxy) is 1. The Bertz CT molecular complexity index is 122. The van der Waals surface area contributed by atoms with Crippen molar-refractivity contribution in [1.29, 1.82) is 0 Å². The highest BCUT2D eigenvalue weighted by Gasteiger charge is 2.29. The Morgan fingerprint density at radius 3 is 2.40 bits per heavy atom. The number of carbonyl (C=O) groups is 1. The second-order valence-electron chi connectivity index (χ2n) is 1.39. The minimum atomic E-state index is -4.47. The highest BCUT2D eigenvalue weighted by atomic mass is 19.4. The summed E-state index contributed by atoms with van der Waals surface area (Å²) in [5.41, 5.74) is 0. The van der Waals surface area contributed by atoms with Gasteiger partial charge in [-0.25, -0.2) is 10.1 Å². The first-order valence-corrected chi connectivity index (χ1v) is 2.29. The highest BCUT2D eigenvalue weighted by Crippen LogP contribution is 2.14. The largest absolute Gasteiger partial charge is 0.439 e. The molecule has 10 heavy (non-hydrogen) atoms. The van der Waals surface area contributed by atoms with Crippen molar-refractivity contribution in [2.24, 2.45) is 0 Å². The van der Waals surface area contributed by atoms with Crippen LogP contribution in [0.25, 0.3) is 0 Å². The van der Waals surface area contributed by atoms with Crippen LogP contribution in [-0.4, -0.2) is 25.9 Å². The molecule has 0 saturated heterocycles. The van der Waals surface area contributed by atoms with E-state index in [2.05, 4.69) is 10.1 Å². The van der Waals surface area contributed by atoms with E-state index in [9.17, 15) is 18.0 Å². The van der Waals surface area contributed by atoms with Crippen molar-refractivity contribution in [2.75, 3.05) is 13.7 Å². The van der Waals surface area contributed by atoms with E-state index in [1.165, 1.54) is 0 Å². The second-order valence-corrected chi connectivity index (χ2v) is 1.39. The lowest BCUT2D eigenvalue weighted by Gasteiger charge is -2.04. The van der Waals surface area contributed by atoms with E-state index in [0.717, 1.165) is 7.05 Å². The summed E-state index contributed by atoms with van der Waals surface area (Å²) < 4.78 is 37.3. The standard InChI is InChI=1S/C4H5F3NO2/c1-8-3(9)10-2-4(5,6)7/h2H2,1H3. The van der Waals surface area contributed by atoms with Crippen molar-refractivity contribution in [3.8, 4) is 0 Å². The molecule has 59 valence electrons. The Hall–Kier alpha value is -0.940. The molecule has 0 N–H and O–H groups in total. The maximum atomic E-state index is 11.2. The van der Waals surface area contributed by atoms with E-state index >= 15 is 0 Å². The Morgan fingerprint density at radius 1 is 1.60 bits per heavy atom. The summed E-state index contributed by atoms with van der Waals surface area (Å²) in [4.78, 5) is 9.97. The molecule has 6 heteroatoms. The lowest BCUT2D eigenvalue weighted by molar-refractivity contribution is -0.160. The molecule has 0 aliphatic carbocycles. The molecule has 0 bridgehead atoms. The number of hydrogen-bond donors (Lipinski definition) is 0. The first-order valence-electron chi connectivity index (χ1n) is 2.29. The first kappa shape index (κ1) is 9.06. The molecule has 0 aromatic heterocycles. The van der Waals surface area contributed by atoms with Gasteiger partial charge in [0.1, 0.15) is 0 Å². The van der Waals surface area contributed by atoms with Gasteiger partial charge in [-0.1, -0.05) is 0 Å². The molecule has 0 rings (SSSR count). The number of alkyl halides is 3. The Morgan fingerprint density at radius 2 is 2.10 bits per heavy atom. The maximum absolute atomic E-state index is 11.2. The molecule has 0 aliphatic heterocycles. The third-order valence-electron chi connectivity index (χ3n) is 0.542. The van der Waals surface area contributed by atoms with Gasteiger partial charge in [0.15, 0.2) is 6.61 Å².